The van der Waals surface area contributed by atoms with Gasteiger partial charge in [0.15, 0.2) is 0 Å². The lowest BCUT2D eigenvalue weighted by Crippen LogP contribution is -2.01. The van der Waals surface area contributed by atoms with E-state index in [1.807, 2.05) is 18.2 Å². The molecule has 1 aromatic heterocycles. The minimum absolute atomic E-state index is 0.403. The minimum Gasteiger partial charge on any atom is -0.497 e. The second kappa shape index (κ2) is 6.20. The number of ether oxygens (including phenoxy) is 2. The van der Waals surface area contributed by atoms with E-state index in [0.29, 0.717) is 18.1 Å². The van der Waals surface area contributed by atoms with Crippen molar-refractivity contribution in [1.29, 1.82) is 0 Å². The van der Waals surface area contributed by atoms with Crippen molar-refractivity contribution in [2.45, 2.75) is 19.6 Å². The SMILES string of the molecule is COc1ccc([C@@H](C)O)c(OCc2cccnc2)c1. The molecule has 0 fully saturated rings. The predicted octanol–water partition coefficient (Wildman–Crippen LogP) is 2.72. The van der Waals surface area contributed by atoms with Gasteiger partial charge in [-0.2, -0.15) is 0 Å². The fourth-order valence-electron chi connectivity index (χ4n) is 1.76. The maximum Gasteiger partial charge on any atom is 0.129 e. The summed E-state index contributed by atoms with van der Waals surface area (Å²) in [5.41, 5.74) is 1.71. The lowest BCUT2D eigenvalue weighted by atomic mass is 10.1. The summed E-state index contributed by atoms with van der Waals surface area (Å²) in [4.78, 5) is 4.03. The van der Waals surface area contributed by atoms with Crippen LogP contribution in [0.1, 0.15) is 24.2 Å². The molecule has 0 saturated carbocycles. The zero-order valence-corrected chi connectivity index (χ0v) is 11.0. The van der Waals surface area contributed by atoms with Crippen molar-refractivity contribution in [3.05, 3.63) is 53.9 Å². The second-order valence-corrected chi connectivity index (χ2v) is 4.23. The summed E-state index contributed by atoms with van der Waals surface area (Å²) in [6.45, 7) is 2.11. The zero-order chi connectivity index (χ0) is 13.7. The number of benzene rings is 1. The van der Waals surface area contributed by atoms with Gasteiger partial charge in [0, 0.05) is 29.6 Å². The van der Waals surface area contributed by atoms with Gasteiger partial charge >= 0.3 is 0 Å². The van der Waals surface area contributed by atoms with Gasteiger partial charge in [0.1, 0.15) is 18.1 Å². The quantitative estimate of drug-likeness (QED) is 0.897. The Kier molecular flexibility index (Phi) is 4.36. The first kappa shape index (κ1) is 13.4. The summed E-state index contributed by atoms with van der Waals surface area (Å²) in [5.74, 6) is 1.32. The summed E-state index contributed by atoms with van der Waals surface area (Å²) in [7, 11) is 1.60. The highest BCUT2D eigenvalue weighted by atomic mass is 16.5. The van der Waals surface area contributed by atoms with Gasteiger partial charge in [-0.1, -0.05) is 6.07 Å². The van der Waals surface area contributed by atoms with Crippen LogP contribution in [0.5, 0.6) is 11.5 Å². The normalized spacial score (nSPS) is 11.9. The van der Waals surface area contributed by atoms with Gasteiger partial charge in [-0.15, -0.1) is 0 Å². The highest BCUT2D eigenvalue weighted by Crippen LogP contribution is 2.30. The van der Waals surface area contributed by atoms with Crippen LogP contribution in [0.4, 0.5) is 0 Å². The number of pyridine rings is 1. The van der Waals surface area contributed by atoms with Crippen molar-refractivity contribution in [1.82, 2.24) is 4.98 Å². The molecule has 4 nitrogen and oxygen atoms in total. The summed E-state index contributed by atoms with van der Waals surface area (Å²) < 4.78 is 10.9. The topological polar surface area (TPSA) is 51.6 Å². The van der Waals surface area contributed by atoms with Gasteiger partial charge in [0.05, 0.1) is 13.2 Å². The smallest absolute Gasteiger partial charge is 0.129 e. The number of methoxy groups -OCH3 is 1. The number of rotatable bonds is 5. The fourth-order valence-corrected chi connectivity index (χ4v) is 1.76. The second-order valence-electron chi connectivity index (χ2n) is 4.23. The molecule has 0 aliphatic carbocycles. The Bertz CT molecular complexity index is 526. The highest BCUT2D eigenvalue weighted by Gasteiger charge is 2.10. The van der Waals surface area contributed by atoms with E-state index in [1.54, 1.807) is 38.6 Å². The molecule has 0 amide bonds. The molecule has 1 aromatic carbocycles. The molecule has 100 valence electrons. The maximum atomic E-state index is 9.73. The molecule has 0 radical (unpaired) electrons. The molecule has 0 saturated heterocycles. The Morgan fingerprint density at radius 2 is 2.16 bits per heavy atom. The van der Waals surface area contributed by atoms with Crippen molar-refractivity contribution in [3.63, 3.8) is 0 Å². The van der Waals surface area contributed by atoms with Crippen LogP contribution >= 0.6 is 0 Å². The van der Waals surface area contributed by atoms with E-state index in [2.05, 4.69) is 4.98 Å². The van der Waals surface area contributed by atoms with Crippen LogP contribution < -0.4 is 9.47 Å². The first-order valence-corrected chi connectivity index (χ1v) is 6.08. The number of aromatic nitrogens is 1. The van der Waals surface area contributed by atoms with E-state index in [4.69, 9.17) is 9.47 Å². The number of hydrogen-bond acceptors (Lipinski definition) is 4. The number of aliphatic hydroxyl groups is 1. The van der Waals surface area contributed by atoms with Crippen LogP contribution in [0.3, 0.4) is 0 Å². The van der Waals surface area contributed by atoms with Gasteiger partial charge in [-0.05, 0) is 25.1 Å². The summed E-state index contributed by atoms with van der Waals surface area (Å²) >= 11 is 0. The summed E-state index contributed by atoms with van der Waals surface area (Å²) in [6, 6.07) is 9.19. The standard InChI is InChI=1S/C15H17NO3/c1-11(17)14-6-5-13(18-2)8-15(14)19-10-12-4-3-7-16-9-12/h3-9,11,17H,10H2,1-2H3/t11-/m1/s1. The Balaban J connectivity index is 2.18. The maximum absolute atomic E-state index is 9.73. The van der Waals surface area contributed by atoms with Gasteiger partial charge in [0.2, 0.25) is 0 Å². The third kappa shape index (κ3) is 3.45. The van der Waals surface area contributed by atoms with E-state index < -0.39 is 6.10 Å². The summed E-state index contributed by atoms with van der Waals surface area (Å²) in [5, 5.41) is 9.73. The zero-order valence-electron chi connectivity index (χ0n) is 11.0. The van der Waals surface area contributed by atoms with Crippen LogP contribution in [0, 0.1) is 0 Å². The third-order valence-corrected chi connectivity index (χ3v) is 2.79. The Hall–Kier alpha value is -2.07. The number of nitrogens with zero attached hydrogens (tertiary/aromatic N) is 1. The van der Waals surface area contributed by atoms with Crippen LogP contribution in [-0.2, 0) is 6.61 Å². The Morgan fingerprint density at radius 3 is 2.79 bits per heavy atom. The molecule has 1 atom stereocenters. The van der Waals surface area contributed by atoms with E-state index in [1.165, 1.54) is 0 Å². The molecule has 0 aliphatic heterocycles. The molecule has 1 heterocycles. The molecule has 0 bridgehead atoms. The highest BCUT2D eigenvalue weighted by molar-refractivity contribution is 5.41. The molecule has 4 heteroatoms. The van der Waals surface area contributed by atoms with Crippen molar-refractivity contribution in [3.8, 4) is 11.5 Å². The van der Waals surface area contributed by atoms with Gasteiger partial charge in [0.25, 0.3) is 0 Å². The molecule has 0 aliphatic rings. The fraction of sp³-hybridized carbons (Fsp3) is 0.267. The Labute approximate surface area is 112 Å². The monoisotopic (exact) mass is 259 g/mol. The molecule has 1 N–H and O–H groups in total. The minimum atomic E-state index is -0.588. The van der Waals surface area contributed by atoms with Crippen LogP contribution in [0.15, 0.2) is 42.7 Å². The number of hydrogen-bond donors (Lipinski definition) is 1. The third-order valence-electron chi connectivity index (χ3n) is 2.79. The van der Waals surface area contributed by atoms with Crippen LogP contribution in [0.2, 0.25) is 0 Å². The molecule has 2 rings (SSSR count). The van der Waals surface area contributed by atoms with E-state index >= 15 is 0 Å². The van der Waals surface area contributed by atoms with Crippen LogP contribution in [0.25, 0.3) is 0 Å². The first-order valence-electron chi connectivity index (χ1n) is 6.08. The van der Waals surface area contributed by atoms with Crippen molar-refractivity contribution in [2.24, 2.45) is 0 Å². The van der Waals surface area contributed by atoms with Crippen LogP contribution in [-0.4, -0.2) is 17.2 Å². The number of aliphatic hydroxyl groups excluding tert-OH is 1. The van der Waals surface area contributed by atoms with Gasteiger partial charge < -0.3 is 14.6 Å². The largest absolute Gasteiger partial charge is 0.497 e. The van der Waals surface area contributed by atoms with Gasteiger partial charge in [-0.3, -0.25) is 4.98 Å². The molecular formula is C15H17NO3. The van der Waals surface area contributed by atoms with E-state index in [9.17, 15) is 5.11 Å². The molecule has 19 heavy (non-hydrogen) atoms. The van der Waals surface area contributed by atoms with Crippen molar-refractivity contribution >= 4 is 0 Å². The summed E-state index contributed by atoms with van der Waals surface area (Å²) in [6.07, 6.45) is 2.88. The van der Waals surface area contributed by atoms with E-state index in [0.717, 1.165) is 11.1 Å². The average molecular weight is 259 g/mol. The van der Waals surface area contributed by atoms with Crippen molar-refractivity contribution in [2.75, 3.05) is 7.11 Å². The molecular weight excluding hydrogens is 242 g/mol. The first-order chi connectivity index (χ1) is 9.20. The lowest BCUT2D eigenvalue weighted by Gasteiger charge is -2.14. The molecule has 0 unspecified atom stereocenters. The lowest BCUT2D eigenvalue weighted by molar-refractivity contribution is 0.190. The molecule has 2 aromatic rings. The Morgan fingerprint density at radius 1 is 1.32 bits per heavy atom. The predicted molar refractivity (Wildman–Crippen MR) is 72.2 cm³/mol. The van der Waals surface area contributed by atoms with Crippen molar-refractivity contribution < 1.29 is 14.6 Å². The van der Waals surface area contributed by atoms with Gasteiger partial charge in [-0.25, -0.2) is 0 Å². The van der Waals surface area contributed by atoms with E-state index in [-0.39, 0.29) is 0 Å². The molecule has 0 spiro atoms. The average Bonchev–Trinajstić information content (AvgIpc) is 2.45.